The van der Waals surface area contributed by atoms with Crippen LogP contribution in [0.5, 0.6) is 0 Å². The molecule has 21 heavy (non-hydrogen) atoms. The summed E-state index contributed by atoms with van der Waals surface area (Å²) >= 11 is 3.35. The largest absolute Gasteiger partial charge is 0.325 e. The molecule has 0 unspecified atom stereocenters. The summed E-state index contributed by atoms with van der Waals surface area (Å²) in [4.78, 5) is 11.9. The standard InChI is InChI=1S/C14H21BrN2O3S/c1-11(2)10-17(21(3,19)20)9-8-14(18)16-13-7-5-4-6-12(13)15/h4-7,11H,8-10H2,1-3H3,(H,16,18). The summed E-state index contributed by atoms with van der Waals surface area (Å²) in [6.45, 7) is 4.49. The van der Waals surface area contributed by atoms with Crippen molar-refractivity contribution in [2.24, 2.45) is 5.92 Å². The van der Waals surface area contributed by atoms with Crippen molar-refractivity contribution in [3.63, 3.8) is 0 Å². The minimum absolute atomic E-state index is 0.126. The van der Waals surface area contributed by atoms with Crippen LogP contribution in [0.15, 0.2) is 28.7 Å². The van der Waals surface area contributed by atoms with E-state index in [4.69, 9.17) is 0 Å². The summed E-state index contributed by atoms with van der Waals surface area (Å²) in [5, 5.41) is 2.76. The van der Waals surface area contributed by atoms with Crippen molar-refractivity contribution in [3.05, 3.63) is 28.7 Å². The highest BCUT2D eigenvalue weighted by molar-refractivity contribution is 9.10. The van der Waals surface area contributed by atoms with E-state index < -0.39 is 10.0 Å². The van der Waals surface area contributed by atoms with Gasteiger partial charge >= 0.3 is 0 Å². The van der Waals surface area contributed by atoms with E-state index in [9.17, 15) is 13.2 Å². The van der Waals surface area contributed by atoms with Crippen LogP contribution in [0.4, 0.5) is 5.69 Å². The number of nitrogens with one attached hydrogen (secondary N) is 1. The van der Waals surface area contributed by atoms with Crippen LogP contribution in [0.25, 0.3) is 0 Å². The number of hydrogen-bond donors (Lipinski definition) is 1. The number of nitrogens with zero attached hydrogens (tertiary/aromatic N) is 1. The summed E-state index contributed by atoms with van der Waals surface area (Å²) in [5.74, 6) is 0.00496. The van der Waals surface area contributed by atoms with Gasteiger partial charge in [-0.1, -0.05) is 26.0 Å². The Labute approximate surface area is 134 Å². The third kappa shape index (κ3) is 6.58. The van der Waals surface area contributed by atoms with Crippen molar-refractivity contribution in [1.82, 2.24) is 4.31 Å². The predicted octanol–water partition coefficient (Wildman–Crippen LogP) is 2.70. The van der Waals surface area contributed by atoms with E-state index in [1.807, 2.05) is 32.0 Å². The number of hydrogen-bond acceptors (Lipinski definition) is 3. The van der Waals surface area contributed by atoms with Crippen LogP contribution in [0.1, 0.15) is 20.3 Å². The molecule has 118 valence electrons. The Morgan fingerprint density at radius 3 is 2.48 bits per heavy atom. The van der Waals surface area contributed by atoms with Gasteiger partial charge in [0, 0.05) is 24.0 Å². The molecule has 0 aromatic heterocycles. The Bertz CT molecular complexity index is 588. The van der Waals surface area contributed by atoms with E-state index in [0.717, 1.165) is 4.47 Å². The first-order valence-electron chi connectivity index (χ1n) is 6.69. The molecule has 0 aliphatic rings. The SMILES string of the molecule is CC(C)CN(CCC(=O)Nc1ccccc1Br)S(C)(=O)=O. The first-order valence-corrected chi connectivity index (χ1v) is 9.33. The van der Waals surface area contributed by atoms with Gasteiger partial charge in [0.1, 0.15) is 0 Å². The zero-order chi connectivity index (χ0) is 16.0. The van der Waals surface area contributed by atoms with Crippen LogP contribution in [0.2, 0.25) is 0 Å². The van der Waals surface area contributed by atoms with Crippen molar-refractivity contribution >= 4 is 37.5 Å². The van der Waals surface area contributed by atoms with Gasteiger partial charge in [0.2, 0.25) is 15.9 Å². The average Bonchev–Trinajstić information content (AvgIpc) is 2.35. The van der Waals surface area contributed by atoms with Crippen LogP contribution < -0.4 is 5.32 Å². The maximum Gasteiger partial charge on any atom is 0.225 e. The maximum atomic E-state index is 11.9. The van der Waals surface area contributed by atoms with E-state index in [-0.39, 0.29) is 24.8 Å². The van der Waals surface area contributed by atoms with Crippen LogP contribution in [0.3, 0.4) is 0 Å². The number of rotatable bonds is 7. The Balaban J connectivity index is 2.60. The Morgan fingerprint density at radius 1 is 1.33 bits per heavy atom. The monoisotopic (exact) mass is 376 g/mol. The van der Waals surface area contributed by atoms with Crippen molar-refractivity contribution in [3.8, 4) is 0 Å². The van der Waals surface area contributed by atoms with E-state index in [2.05, 4.69) is 21.2 Å². The molecule has 1 amide bonds. The Kier molecular flexibility index (Phi) is 6.83. The molecule has 0 saturated heterocycles. The van der Waals surface area contributed by atoms with Crippen molar-refractivity contribution in [2.45, 2.75) is 20.3 Å². The molecular weight excluding hydrogens is 356 g/mol. The highest BCUT2D eigenvalue weighted by Crippen LogP contribution is 2.21. The smallest absolute Gasteiger partial charge is 0.225 e. The average molecular weight is 377 g/mol. The molecule has 1 N–H and O–H groups in total. The maximum absolute atomic E-state index is 11.9. The lowest BCUT2D eigenvalue weighted by molar-refractivity contribution is -0.116. The fourth-order valence-corrected chi connectivity index (χ4v) is 3.18. The highest BCUT2D eigenvalue weighted by atomic mass is 79.9. The molecule has 0 radical (unpaired) electrons. The quantitative estimate of drug-likeness (QED) is 0.795. The Morgan fingerprint density at radius 2 is 1.95 bits per heavy atom. The number of benzene rings is 1. The van der Waals surface area contributed by atoms with Gasteiger partial charge in [0.25, 0.3) is 0 Å². The molecule has 0 bridgehead atoms. The van der Waals surface area contributed by atoms with Crippen molar-refractivity contribution in [2.75, 3.05) is 24.7 Å². The third-order valence-electron chi connectivity index (χ3n) is 2.77. The van der Waals surface area contributed by atoms with Gasteiger partial charge in [0.05, 0.1) is 11.9 Å². The lowest BCUT2D eigenvalue weighted by atomic mass is 10.2. The third-order valence-corrected chi connectivity index (χ3v) is 4.74. The molecule has 0 spiro atoms. The summed E-state index contributed by atoms with van der Waals surface area (Å²) in [5.41, 5.74) is 0.678. The van der Waals surface area contributed by atoms with Gasteiger partial charge in [-0.2, -0.15) is 0 Å². The Hall–Kier alpha value is -0.920. The topological polar surface area (TPSA) is 66.5 Å². The van der Waals surface area contributed by atoms with Crippen LogP contribution in [-0.4, -0.2) is 38.0 Å². The van der Waals surface area contributed by atoms with E-state index in [1.54, 1.807) is 6.07 Å². The van der Waals surface area contributed by atoms with Crippen molar-refractivity contribution < 1.29 is 13.2 Å². The molecule has 5 nitrogen and oxygen atoms in total. The van der Waals surface area contributed by atoms with Crippen LogP contribution in [0, 0.1) is 5.92 Å². The number of para-hydroxylation sites is 1. The number of carbonyl (C=O) groups excluding carboxylic acids is 1. The summed E-state index contributed by atoms with van der Waals surface area (Å²) < 4.78 is 25.5. The van der Waals surface area contributed by atoms with Gasteiger partial charge in [-0.3, -0.25) is 4.79 Å². The summed E-state index contributed by atoms with van der Waals surface area (Å²) in [7, 11) is -3.29. The lowest BCUT2D eigenvalue weighted by Crippen LogP contribution is -2.35. The molecule has 1 aromatic carbocycles. The second kappa shape index (κ2) is 7.91. The minimum atomic E-state index is -3.29. The van der Waals surface area contributed by atoms with Gasteiger partial charge in [-0.15, -0.1) is 0 Å². The molecule has 0 aliphatic carbocycles. The number of sulfonamides is 1. The zero-order valence-corrected chi connectivity index (χ0v) is 14.9. The van der Waals surface area contributed by atoms with Crippen molar-refractivity contribution in [1.29, 1.82) is 0 Å². The number of anilines is 1. The highest BCUT2D eigenvalue weighted by Gasteiger charge is 2.19. The molecule has 0 aliphatic heterocycles. The molecular formula is C14H21BrN2O3S. The van der Waals surface area contributed by atoms with E-state index in [1.165, 1.54) is 10.6 Å². The van der Waals surface area contributed by atoms with Gasteiger partial charge in [-0.05, 0) is 34.0 Å². The number of carbonyl (C=O) groups is 1. The molecule has 7 heteroatoms. The van der Waals surface area contributed by atoms with Gasteiger partial charge in [-0.25, -0.2) is 12.7 Å². The fraction of sp³-hybridized carbons (Fsp3) is 0.500. The summed E-state index contributed by atoms with van der Waals surface area (Å²) in [6.07, 6.45) is 1.29. The van der Waals surface area contributed by atoms with Crippen LogP contribution in [-0.2, 0) is 14.8 Å². The zero-order valence-electron chi connectivity index (χ0n) is 12.5. The molecule has 0 fully saturated rings. The molecule has 1 rings (SSSR count). The lowest BCUT2D eigenvalue weighted by Gasteiger charge is -2.21. The second-order valence-corrected chi connectivity index (χ2v) is 8.13. The number of halogens is 1. The number of amides is 1. The van der Waals surface area contributed by atoms with Crippen LogP contribution >= 0.6 is 15.9 Å². The van der Waals surface area contributed by atoms with Gasteiger partial charge in [0.15, 0.2) is 0 Å². The second-order valence-electron chi connectivity index (χ2n) is 5.29. The normalized spacial score (nSPS) is 11.9. The molecule has 1 aromatic rings. The predicted molar refractivity (Wildman–Crippen MR) is 88.6 cm³/mol. The van der Waals surface area contributed by atoms with E-state index >= 15 is 0 Å². The molecule has 0 atom stereocenters. The molecule has 0 heterocycles. The first kappa shape index (κ1) is 18.1. The van der Waals surface area contributed by atoms with E-state index in [0.29, 0.717) is 12.2 Å². The molecule has 0 saturated carbocycles. The fourth-order valence-electron chi connectivity index (χ4n) is 1.80. The van der Waals surface area contributed by atoms with Gasteiger partial charge < -0.3 is 5.32 Å². The first-order chi connectivity index (χ1) is 9.70. The summed E-state index contributed by atoms with van der Waals surface area (Å²) in [6, 6.07) is 7.29. The minimum Gasteiger partial charge on any atom is -0.325 e.